The maximum atomic E-state index is 5.73. The molecule has 5 heteroatoms. The van der Waals surface area contributed by atoms with Crippen LogP contribution in [0.25, 0.3) is 0 Å². The van der Waals surface area contributed by atoms with Crippen LogP contribution in [-0.2, 0) is 0 Å². The molecule has 1 unspecified atom stereocenters. The van der Waals surface area contributed by atoms with Crippen LogP contribution in [0.15, 0.2) is 12.3 Å². The van der Waals surface area contributed by atoms with Crippen molar-refractivity contribution in [2.24, 2.45) is 0 Å². The van der Waals surface area contributed by atoms with E-state index in [-0.39, 0.29) is 0 Å². The standard InChI is InChI=1S/C9H13ClN4/c1-14(7-2-4-11-6-7)8-3-5-12-9(10)13-8/h3,5,7,11H,2,4,6H2,1H3. The van der Waals surface area contributed by atoms with Crippen molar-refractivity contribution >= 4 is 17.4 Å². The molecular formula is C9H13ClN4. The van der Waals surface area contributed by atoms with Crippen molar-refractivity contribution in [1.29, 1.82) is 0 Å². The zero-order valence-corrected chi connectivity index (χ0v) is 8.83. The van der Waals surface area contributed by atoms with Gasteiger partial charge in [0, 0.05) is 25.8 Å². The number of rotatable bonds is 2. The number of anilines is 1. The van der Waals surface area contributed by atoms with E-state index in [2.05, 4.69) is 20.2 Å². The topological polar surface area (TPSA) is 41.1 Å². The Hall–Kier alpha value is -0.870. The van der Waals surface area contributed by atoms with Crippen LogP contribution in [0.5, 0.6) is 0 Å². The minimum Gasteiger partial charge on any atom is -0.355 e. The minimum atomic E-state index is 0.306. The maximum Gasteiger partial charge on any atom is 0.224 e. The van der Waals surface area contributed by atoms with E-state index in [1.807, 2.05) is 13.1 Å². The summed E-state index contributed by atoms with van der Waals surface area (Å²) >= 11 is 5.73. The average molecular weight is 213 g/mol. The Morgan fingerprint density at radius 1 is 1.64 bits per heavy atom. The molecule has 76 valence electrons. The third-order valence-electron chi connectivity index (χ3n) is 2.55. The molecule has 1 saturated heterocycles. The Morgan fingerprint density at radius 3 is 3.14 bits per heavy atom. The second kappa shape index (κ2) is 4.11. The molecular weight excluding hydrogens is 200 g/mol. The molecule has 0 aromatic carbocycles. The molecule has 0 radical (unpaired) electrons. The molecule has 0 bridgehead atoms. The number of likely N-dealkylation sites (N-methyl/N-ethyl adjacent to an activating group) is 1. The Kier molecular flexibility index (Phi) is 2.84. The third kappa shape index (κ3) is 1.96. The van der Waals surface area contributed by atoms with Gasteiger partial charge < -0.3 is 10.2 Å². The molecule has 1 N–H and O–H groups in total. The summed E-state index contributed by atoms with van der Waals surface area (Å²) in [4.78, 5) is 10.2. The first-order valence-corrected chi connectivity index (χ1v) is 5.07. The van der Waals surface area contributed by atoms with E-state index < -0.39 is 0 Å². The van der Waals surface area contributed by atoms with Gasteiger partial charge in [0.15, 0.2) is 0 Å². The van der Waals surface area contributed by atoms with Crippen LogP contribution in [0.3, 0.4) is 0 Å². The first-order chi connectivity index (χ1) is 6.77. The number of hydrogen-bond donors (Lipinski definition) is 1. The lowest BCUT2D eigenvalue weighted by Gasteiger charge is -2.24. The van der Waals surface area contributed by atoms with Crippen molar-refractivity contribution in [3.05, 3.63) is 17.5 Å². The second-order valence-corrected chi connectivity index (χ2v) is 3.78. The molecule has 1 aromatic rings. The van der Waals surface area contributed by atoms with E-state index in [0.29, 0.717) is 11.3 Å². The molecule has 0 saturated carbocycles. The number of nitrogens with zero attached hydrogens (tertiary/aromatic N) is 3. The average Bonchev–Trinajstić information content (AvgIpc) is 2.69. The second-order valence-electron chi connectivity index (χ2n) is 3.44. The first-order valence-electron chi connectivity index (χ1n) is 4.69. The van der Waals surface area contributed by atoms with Crippen molar-refractivity contribution in [3.63, 3.8) is 0 Å². The lowest BCUT2D eigenvalue weighted by atomic mass is 10.2. The van der Waals surface area contributed by atoms with E-state index in [1.165, 1.54) is 0 Å². The molecule has 1 aromatic heterocycles. The van der Waals surface area contributed by atoms with Crippen LogP contribution < -0.4 is 10.2 Å². The highest BCUT2D eigenvalue weighted by Gasteiger charge is 2.20. The summed E-state index contributed by atoms with van der Waals surface area (Å²) in [7, 11) is 2.04. The van der Waals surface area contributed by atoms with Gasteiger partial charge in [0.25, 0.3) is 0 Å². The number of aromatic nitrogens is 2. The molecule has 0 amide bonds. The van der Waals surface area contributed by atoms with Gasteiger partial charge in [0.1, 0.15) is 5.82 Å². The SMILES string of the molecule is CN(c1ccnc(Cl)n1)C1CCNC1. The Balaban J connectivity index is 2.13. The normalized spacial score (nSPS) is 21.1. The molecule has 1 aliphatic heterocycles. The van der Waals surface area contributed by atoms with Crippen molar-refractivity contribution in [2.75, 3.05) is 25.0 Å². The van der Waals surface area contributed by atoms with Gasteiger partial charge in [-0.25, -0.2) is 9.97 Å². The number of hydrogen-bond acceptors (Lipinski definition) is 4. The molecule has 0 spiro atoms. The van der Waals surface area contributed by atoms with Gasteiger partial charge in [-0.2, -0.15) is 0 Å². The number of halogens is 1. The summed E-state index contributed by atoms with van der Waals surface area (Å²) in [6.45, 7) is 2.09. The van der Waals surface area contributed by atoms with Gasteiger partial charge >= 0.3 is 0 Å². The summed E-state index contributed by atoms with van der Waals surface area (Å²) in [5.41, 5.74) is 0. The van der Waals surface area contributed by atoms with Crippen molar-refractivity contribution in [2.45, 2.75) is 12.5 Å². The monoisotopic (exact) mass is 212 g/mol. The lowest BCUT2D eigenvalue weighted by molar-refractivity contribution is 0.677. The van der Waals surface area contributed by atoms with Crippen LogP contribution in [0, 0.1) is 0 Å². The predicted molar refractivity (Wildman–Crippen MR) is 56.7 cm³/mol. The Labute approximate surface area is 88.3 Å². The van der Waals surface area contributed by atoms with Crippen LogP contribution in [0.1, 0.15) is 6.42 Å². The quantitative estimate of drug-likeness (QED) is 0.741. The van der Waals surface area contributed by atoms with E-state index in [1.54, 1.807) is 6.20 Å². The van der Waals surface area contributed by atoms with Crippen molar-refractivity contribution in [1.82, 2.24) is 15.3 Å². The Morgan fingerprint density at radius 2 is 2.50 bits per heavy atom. The van der Waals surface area contributed by atoms with Crippen molar-refractivity contribution in [3.8, 4) is 0 Å². The summed E-state index contributed by atoms with van der Waals surface area (Å²) in [5, 5.41) is 3.63. The highest BCUT2D eigenvalue weighted by atomic mass is 35.5. The first kappa shape index (κ1) is 9.68. The summed E-state index contributed by atoms with van der Waals surface area (Å²) in [6, 6.07) is 2.39. The van der Waals surface area contributed by atoms with Gasteiger partial charge in [0.05, 0.1) is 0 Å². The van der Waals surface area contributed by atoms with Gasteiger partial charge in [0.2, 0.25) is 5.28 Å². The molecule has 0 aliphatic carbocycles. The lowest BCUT2D eigenvalue weighted by Crippen LogP contribution is -2.33. The zero-order valence-electron chi connectivity index (χ0n) is 8.07. The van der Waals surface area contributed by atoms with Crippen LogP contribution in [-0.4, -0.2) is 36.1 Å². The van der Waals surface area contributed by atoms with Crippen LogP contribution in [0.2, 0.25) is 5.28 Å². The molecule has 2 rings (SSSR count). The fraction of sp³-hybridized carbons (Fsp3) is 0.556. The number of nitrogens with one attached hydrogen (secondary N) is 1. The van der Waals surface area contributed by atoms with Gasteiger partial charge in [-0.1, -0.05) is 0 Å². The van der Waals surface area contributed by atoms with Crippen LogP contribution in [0.4, 0.5) is 5.82 Å². The molecule has 1 atom stereocenters. The smallest absolute Gasteiger partial charge is 0.224 e. The zero-order chi connectivity index (χ0) is 9.97. The predicted octanol–water partition coefficient (Wildman–Crippen LogP) is 0.928. The molecule has 2 heterocycles. The van der Waals surface area contributed by atoms with E-state index in [0.717, 1.165) is 25.3 Å². The Bertz CT molecular complexity index is 311. The molecule has 1 fully saturated rings. The third-order valence-corrected chi connectivity index (χ3v) is 2.74. The molecule has 1 aliphatic rings. The van der Waals surface area contributed by atoms with Gasteiger partial charge in [-0.05, 0) is 30.6 Å². The minimum absolute atomic E-state index is 0.306. The van der Waals surface area contributed by atoms with Gasteiger partial charge in [-0.15, -0.1) is 0 Å². The van der Waals surface area contributed by atoms with E-state index in [9.17, 15) is 0 Å². The maximum absolute atomic E-state index is 5.73. The summed E-state index contributed by atoms with van der Waals surface area (Å²) in [6.07, 6.45) is 2.83. The highest BCUT2D eigenvalue weighted by molar-refractivity contribution is 6.28. The fourth-order valence-electron chi connectivity index (χ4n) is 1.68. The van der Waals surface area contributed by atoms with Gasteiger partial charge in [-0.3, -0.25) is 0 Å². The van der Waals surface area contributed by atoms with Crippen molar-refractivity contribution < 1.29 is 0 Å². The largest absolute Gasteiger partial charge is 0.355 e. The van der Waals surface area contributed by atoms with Crippen LogP contribution >= 0.6 is 11.6 Å². The highest BCUT2D eigenvalue weighted by Crippen LogP contribution is 2.16. The molecule has 14 heavy (non-hydrogen) atoms. The summed E-state index contributed by atoms with van der Waals surface area (Å²) < 4.78 is 0. The summed E-state index contributed by atoms with van der Waals surface area (Å²) in [5.74, 6) is 0.888. The van der Waals surface area contributed by atoms with E-state index in [4.69, 9.17) is 11.6 Å². The fourth-order valence-corrected chi connectivity index (χ4v) is 1.82. The molecule has 4 nitrogen and oxygen atoms in total. The van der Waals surface area contributed by atoms with E-state index >= 15 is 0 Å².